The molecule has 0 spiro atoms. The zero-order valence-electron chi connectivity index (χ0n) is 18.3. The van der Waals surface area contributed by atoms with Gasteiger partial charge >= 0.3 is 0 Å². The summed E-state index contributed by atoms with van der Waals surface area (Å²) in [6.07, 6.45) is 13.1. The summed E-state index contributed by atoms with van der Waals surface area (Å²) >= 11 is 1.57. The fourth-order valence-electron chi connectivity index (χ4n) is 3.29. The van der Waals surface area contributed by atoms with Crippen LogP contribution >= 0.6 is 11.3 Å². The number of hydrogen-bond acceptors (Lipinski definition) is 5. The molecule has 30 heavy (non-hydrogen) atoms. The molecule has 0 unspecified atom stereocenters. The number of ether oxygens (including phenoxy) is 1. The first-order chi connectivity index (χ1) is 14.8. The minimum atomic E-state index is 0.786. The molecule has 0 bridgehead atoms. The smallest absolute Gasteiger partial charge is 0.166 e. The quantitative estimate of drug-likeness (QED) is 0.270. The molecule has 2 heterocycles. The Morgan fingerprint density at radius 1 is 0.767 bits per heavy atom. The van der Waals surface area contributed by atoms with E-state index in [0.29, 0.717) is 0 Å². The molecule has 2 aromatic heterocycles. The van der Waals surface area contributed by atoms with E-state index in [1.807, 2.05) is 18.3 Å². The van der Waals surface area contributed by atoms with E-state index in [9.17, 15) is 0 Å². The third-order valence-corrected chi connectivity index (χ3v) is 6.15. The van der Waals surface area contributed by atoms with Crippen molar-refractivity contribution in [1.82, 2.24) is 15.2 Å². The summed E-state index contributed by atoms with van der Waals surface area (Å²) in [4.78, 5) is 4.58. The van der Waals surface area contributed by atoms with Crippen LogP contribution in [0.15, 0.2) is 42.6 Å². The monoisotopic (exact) mass is 423 g/mol. The van der Waals surface area contributed by atoms with Crippen molar-refractivity contribution in [2.75, 3.05) is 6.61 Å². The fourth-order valence-corrected chi connectivity index (χ4v) is 4.12. The molecule has 1 aromatic carbocycles. The third kappa shape index (κ3) is 6.91. The SMILES string of the molecule is CCCCCCCCOc1ccc(-c2nnc(-c3ccc(CCCC)cn3)s2)cc1. The Kier molecular flexibility index (Phi) is 9.29. The van der Waals surface area contributed by atoms with Crippen LogP contribution in [0, 0.1) is 0 Å². The summed E-state index contributed by atoms with van der Waals surface area (Å²) in [5.74, 6) is 0.918. The molecule has 0 aliphatic carbocycles. The van der Waals surface area contributed by atoms with Gasteiger partial charge in [-0.25, -0.2) is 0 Å². The lowest BCUT2D eigenvalue weighted by Gasteiger charge is -2.06. The molecule has 0 amide bonds. The minimum Gasteiger partial charge on any atom is -0.494 e. The number of aromatic nitrogens is 3. The Morgan fingerprint density at radius 2 is 1.50 bits per heavy atom. The first-order valence-corrected chi connectivity index (χ1v) is 12.1. The number of aryl methyl sites for hydroxylation is 1. The molecule has 5 heteroatoms. The van der Waals surface area contributed by atoms with E-state index in [4.69, 9.17) is 4.74 Å². The molecule has 160 valence electrons. The summed E-state index contributed by atoms with van der Waals surface area (Å²) in [6.45, 7) is 5.24. The lowest BCUT2D eigenvalue weighted by Crippen LogP contribution is -1.97. The van der Waals surface area contributed by atoms with Gasteiger partial charge in [-0.1, -0.05) is 69.8 Å². The zero-order chi connectivity index (χ0) is 21.0. The zero-order valence-corrected chi connectivity index (χ0v) is 19.1. The molecular weight excluding hydrogens is 390 g/mol. The van der Waals surface area contributed by atoms with Crippen LogP contribution in [0.25, 0.3) is 21.3 Å². The second-order valence-corrected chi connectivity index (χ2v) is 8.69. The third-order valence-electron chi connectivity index (χ3n) is 5.16. The van der Waals surface area contributed by atoms with Crippen LogP contribution in [0.3, 0.4) is 0 Å². The van der Waals surface area contributed by atoms with E-state index in [1.165, 1.54) is 50.5 Å². The largest absolute Gasteiger partial charge is 0.494 e. The molecule has 0 N–H and O–H groups in total. The topological polar surface area (TPSA) is 47.9 Å². The maximum Gasteiger partial charge on any atom is 0.166 e. The van der Waals surface area contributed by atoms with Crippen LogP contribution in [-0.2, 0) is 6.42 Å². The van der Waals surface area contributed by atoms with Crippen molar-refractivity contribution in [3.63, 3.8) is 0 Å². The van der Waals surface area contributed by atoms with Gasteiger partial charge in [0.1, 0.15) is 16.5 Å². The van der Waals surface area contributed by atoms with Crippen molar-refractivity contribution in [2.24, 2.45) is 0 Å². The van der Waals surface area contributed by atoms with Crippen LogP contribution < -0.4 is 4.74 Å². The van der Waals surface area contributed by atoms with Gasteiger partial charge in [-0.3, -0.25) is 4.98 Å². The van der Waals surface area contributed by atoms with Crippen LogP contribution in [-0.4, -0.2) is 21.8 Å². The number of unbranched alkanes of at least 4 members (excludes halogenated alkanes) is 6. The van der Waals surface area contributed by atoms with Crippen molar-refractivity contribution >= 4 is 11.3 Å². The van der Waals surface area contributed by atoms with E-state index in [2.05, 4.69) is 53.3 Å². The second kappa shape index (κ2) is 12.4. The molecule has 0 fully saturated rings. The maximum atomic E-state index is 5.87. The molecule has 0 aliphatic rings. The molecule has 4 nitrogen and oxygen atoms in total. The van der Waals surface area contributed by atoms with Gasteiger partial charge in [-0.2, -0.15) is 0 Å². The van der Waals surface area contributed by atoms with Crippen LogP contribution in [0.1, 0.15) is 70.8 Å². The van der Waals surface area contributed by atoms with Gasteiger partial charge in [-0.15, -0.1) is 10.2 Å². The molecule has 3 aromatic rings. The molecule has 0 atom stereocenters. The highest BCUT2D eigenvalue weighted by Crippen LogP contribution is 2.30. The first-order valence-electron chi connectivity index (χ1n) is 11.3. The number of pyridine rings is 1. The van der Waals surface area contributed by atoms with Gasteiger partial charge in [0.15, 0.2) is 5.01 Å². The number of rotatable bonds is 13. The average molecular weight is 424 g/mol. The van der Waals surface area contributed by atoms with Gasteiger partial charge in [0.25, 0.3) is 0 Å². The molecular formula is C25H33N3OS. The van der Waals surface area contributed by atoms with Crippen molar-refractivity contribution < 1.29 is 4.74 Å². The Balaban J connectivity index is 1.50. The number of nitrogens with zero attached hydrogens (tertiary/aromatic N) is 3. The molecule has 3 rings (SSSR count). The highest BCUT2D eigenvalue weighted by Gasteiger charge is 2.10. The summed E-state index contributed by atoms with van der Waals surface area (Å²) in [7, 11) is 0. The Morgan fingerprint density at radius 3 is 2.23 bits per heavy atom. The van der Waals surface area contributed by atoms with E-state index >= 15 is 0 Å². The van der Waals surface area contributed by atoms with Crippen molar-refractivity contribution in [2.45, 2.75) is 71.6 Å². The summed E-state index contributed by atoms with van der Waals surface area (Å²) in [5, 5.41) is 10.5. The lowest BCUT2D eigenvalue weighted by atomic mass is 10.1. The standard InChI is InChI=1S/C25H33N3OS/c1-3-5-7-8-9-10-18-29-22-15-13-21(14-16-22)24-27-28-25(30-24)23-17-12-20(19-26-23)11-6-4-2/h12-17,19H,3-11,18H2,1-2H3. The lowest BCUT2D eigenvalue weighted by molar-refractivity contribution is 0.304. The second-order valence-electron chi connectivity index (χ2n) is 7.71. The summed E-state index contributed by atoms with van der Waals surface area (Å²) < 4.78 is 5.87. The van der Waals surface area contributed by atoms with E-state index in [0.717, 1.165) is 46.5 Å². The highest BCUT2D eigenvalue weighted by atomic mass is 32.1. The molecule has 0 saturated heterocycles. The van der Waals surface area contributed by atoms with Crippen molar-refractivity contribution in [1.29, 1.82) is 0 Å². The number of benzene rings is 1. The molecule has 0 radical (unpaired) electrons. The minimum absolute atomic E-state index is 0.786. The average Bonchev–Trinajstić information content (AvgIpc) is 3.28. The number of hydrogen-bond donors (Lipinski definition) is 0. The Bertz CT molecular complexity index is 859. The first kappa shape index (κ1) is 22.4. The van der Waals surface area contributed by atoms with Crippen LogP contribution in [0.2, 0.25) is 0 Å². The van der Waals surface area contributed by atoms with E-state index < -0.39 is 0 Å². The summed E-state index contributed by atoms with van der Waals surface area (Å²) in [6, 6.07) is 12.4. The predicted octanol–water partition coefficient (Wildman–Crippen LogP) is 7.35. The van der Waals surface area contributed by atoms with Gasteiger partial charge in [0, 0.05) is 11.8 Å². The van der Waals surface area contributed by atoms with Gasteiger partial charge in [0.05, 0.1) is 6.61 Å². The molecule has 0 saturated carbocycles. The van der Waals surface area contributed by atoms with E-state index in [1.54, 1.807) is 11.3 Å². The van der Waals surface area contributed by atoms with Gasteiger partial charge < -0.3 is 4.74 Å². The van der Waals surface area contributed by atoms with E-state index in [-0.39, 0.29) is 0 Å². The van der Waals surface area contributed by atoms with Gasteiger partial charge in [-0.05, 0) is 55.2 Å². The summed E-state index contributed by atoms with van der Waals surface area (Å²) in [5.41, 5.74) is 3.23. The highest BCUT2D eigenvalue weighted by molar-refractivity contribution is 7.17. The van der Waals surface area contributed by atoms with Crippen molar-refractivity contribution in [3.8, 4) is 27.0 Å². The maximum absolute atomic E-state index is 5.87. The van der Waals surface area contributed by atoms with Gasteiger partial charge in [0.2, 0.25) is 0 Å². The predicted molar refractivity (Wildman–Crippen MR) is 126 cm³/mol. The van der Waals surface area contributed by atoms with Crippen LogP contribution in [0.4, 0.5) is 0 Å². The van der Waals surface area contributed by atoms with Crippen LogP contribution in [0.5, 0.6) is 5.75 Å². The Labute approximate surface area is 184 Å². The normalized spacial score (nSPS) is 11.0. The fraction of sp³-hybridized carbons (Fsp3) is 0.480. The molecule has 0 aliphatic heterocycles. The Hall–Kier alpha value is -2.27. The van der Waals surface area contributed by atoms with Crippen molar-refractivity contribution in [3.05, 3.63) is 48.2 Å².